The van der Waals surface area contributed by atoms with Crippen molar-refractivity contribution in [3.63, 3.8) is 0 Å². The Morgan fingerprint density at radius 3 is 2.29 bits per heavy atom. The first-order valence-electron chi connectivity index (χ1n) is 6.35. The number of hydrogen-bond acceptors (Lipinski definition) is 3. The number of carbonyl (C=O) groups is 1. The molecule has 5 heteroatoms. The van der Waals surface area contributed by atoms with E-state index in [0.29, 0.717) is 19.7 Å². The van der Waals surface area contributed by atoms with Crippen LogP contribution in [0.2, 0.25) is 25.7 Å². The summed E-state index contributed by atoms with van der Waals surface area (Å²) in [7, 11) is -1.12. The zero-order valence-corrected chi connectivity index (χ0v) is 12.7. The highest BCUT2D eigenvalue weighted by Gasteiger charge is 2.27. The summed E-state index contributed by atoms with van der Waals surface area (Å²) in [5.74, 6) is 0. The van der Waals surface area contributed by atoms with Crippen LogP contribution in [0, 0.1) is 0 Å². The summed E-state index contributed by atoms with van der Waals surface area (Å²) in [6, 6.07) is 1.02. The monoisotopic (exact) mass is 259 g/mol. The highest BCUT2D eigenvalue weighted by molar-refractivity contribution is 6.76. The Bertz CT molecular complexity index is 255. The molecule has 0 spiro atoms. The summed E-state index contributed by atoms with van der Waals surface area (Å²) in [5.41, 5.74) is 0. The molecule has 0 aliphatic carbocycles. The third-order valence-electron chi connectivity index (χ3n) is 2.76. The minimum atomic E-state index is -1.12. The third kappa shape index (κ3) is 5.54. The van der Waals surface area contributed by atoms with Crippen LogP contribution >= 0.6 is 0 Å². The van der Waals surface area contributed by atoms with Gasteiger partial charge in [-0.2, -0.15) is 0 Å². The summed E-state index contributed by atoms with van der Waals surface area (Å²) in [5, 5.41) is 0. The van der Waals surface area contributed by atoms with Crippen LogP contribution in [-0.2, 0) is 9.47 Å². The molecule has 1 rings (SSSR count). The molecule has 1 fully saturated rings. The molecule has 2 unspecified atom stereocenters. The van der Waals surface area contributed by atoms with E-state index in [1.165, 1.54) is 0 Å². The highest BCUT2D eigenvalue weighted by atomic mass is 28.3. The second-order valence-electron chi connectivity index (χ2n) is 6.09. The van der Waals surface area contributed by atoms with Crippen molar-refractivity contribution in [1.29, 1.82) is 0 Å². The maximum Gasteiger partial charge on any atom is 0.409 e. The number of amides is 1. The number of nitrogens with zero attached hydrogens (tertiary/aromatic N) is 1. The van der Waals surface area contributed by atoms with E-state index in [0.717, 1.165) is 6.04 Å². The Morgan fingerprint density at radius 2 is 1.82 bits per heavy atom. The molecule has 1 aliphatic rings. The number of morpholine rings is 1. The first-order chi connectivity index (χ1) is 7.78. The number of rotatable bonds is 3. The van der Waals surface area contributed by atoms with E-state index >= 15 is 0 Å². The van der Waals surface area contributed by atoms with Gasteiger partial charge in [-0.25, -0.2) is 4.79 Å². The lowest BCUT2D eigenvalue weighted by molar-refractivity contribution is -0.0634. The van der Waals surface area contributed by atoms with Gasteiger partial charge in [0, 0.05) is 8.07 Å². The average Bonchev–Trinajstić information content (AvgIpc) is 2.13. The van der Waals surface area contributed by atoms with Gasteiger partial charge in [-0.3, -0.25) is 0 Å². The van der Waals surface area contributed by atoms with Crippen molar-refractivity contribution < 1.29 is 14.3 Å². The number of carbonyl (C=O) groups excluding carboxylic acids is 1. The Labute approximate surface area is 105 Å². The third-order valence-corrected chi connectivity index (χ3v) is 4.46. The van der Waals surface area contributed by atoms with Crippen LogP contribution in [-0.4, -0.2) is 51.0 Å². The van der Waals surface area contributed by atoms with Crippen LogP contribution in [0.1, 0.15) is 13.8 Å². The lowest BCUT2D eigenvalue weighted by Crippen LogP contribution is -2.48. The Morgan fingerprint density at radius 1 is 1.29 bits per heavy atom. The standard InChI is InChI=1S/C12H25NO3Si/c1-10-8-13(9-11(2)16-10)12(14)15-6-7-17(3,4)5/h10-11H,6-9H2,1-5H3. The molecule has 0 aromatic rings. The van der Waals surface area contributed by atoms with Crippen molar-refractivity contribution in [3.05, 3.63) is 0 Å². The fourth-order valence-corrected chi connectivity index (χ4v) is 2.58. The Kier molecular flexibility index (Phi) is 5.00. The normalized spacial score (nSPS) is 25.8. The molecular weight excluding hydrogens is 234 g/mol. The van der Waals surface area contributed by atoms with Crippen LogP contribution < -0.4 is 0 Å². The molecule has 1 aliphatic heterocycles. The van der Waals surface area contributed by atoms with Crippen molar-refractivity contribution in [2.45, 2.75) is 51.7 Å². The first kappa shape index (κ1) is 14.5. The molecule has 0 bridgehead atoms. The van der Waals surface area contributed by atoms with E-state index < -0.39 is 8.07 Å². The molecule has 17 heavy (non-hydrogen) atoms. The number of hydrogen-bond donors (Lipinski definition) is 0. The van der Waals surface area contributed by atoms with Crippen LogP contribution in [0.4, 0.5) is 4.79 Å². The van der Waals surface area contributed by atoms with Crippen molar-refractivity contribution in [1.82, 2.24) is 4.90 Å². The van der Waals surface area contributed by atoms with E-state index in [4.69, 9.17) is 9.47 Å². The molecule has 1 saturated heterocycles. The summed E-state index contributed by atoms with van der Waals surface area (Å²) in [4.78, 5) is 13.6. The van der Waals surface area contributed by atoms with Crippen LogP contribution in [0.3, 0.4) is 0 Å². The lowest BCUT2D eigenvalue weighted by atomic mass is 10.2. The fourth-order valence-electron chi connectivity index (χ4n) is 1.86. The SMILES string of the molecule is CC1CN(C(=O)OCC[Si](C)(C)C)CC(C)O1. The van der Waals surface area contributed by atoms with Crippen LogP contribution in [0.15, 0.2) is 0 Å². The lowest BCUT2D eigenvalue weighted by Gasteiger charge is -2.34. The predicted molar refractivity (Wildman–Crippen MR) is 71.1 cm³/mol. The van der Waals surface area contributed by atoms with E-state index in [1.807, 2.05) is 13.8 Å². The largest absolute Gasteiger partial charge is 0.450 e. The topological polar surface area (TPSA) is 38.8 Å². The number of ether oxygens (including phenoxy) is 2. The maximum atomic E-state index is 11.8. The van der Waals surface area contributed by atoms with Gasteiger partial charge in [0.1, 0.15) is 0 Å². The van der Waals surface area contributed by atoms with Gasteiger partial charge in [0.25, 0.3) is 0 Å². The molecular formula is C12H25NO3Si. The summed E-state index contributed by atoms with van der Waals surface area (Å²) >= 11 is 0. The summed E-state index contributed by atoms with van der Waals surface area (Å²) in [6.07, 6.45) is 0.0110. The molecule has 0 saturated carbocycles. The smallest absolute Gasteiger partial charge is 0.409 e. The Balaban J connectivity index is 2.32. The molecule has 0 N–H and O–H groups in total. The fraction of sp³-hybridized carbons (Fsp3) is 0.917. The minimum absolute atomic E-state index is 0.100. The first-order valence-corrected chi connectivity index (χ1v) is 10.1. The molecule has 0 aromatic heterocycles. The maximum absolute atomic E-state index is 11.8. The molecule has 4 nitrogen and oxygen atoms in total. The molecule has 2 atom stereocenters. The van der Waals surface area contributed by atoms with E-state index in [1.54, 1.807) is 4.90 Å². The molecule has 100 valence electrons. The van der Waals surface area contributed by atoms with E-state index in [9.17, 15) is 4.79 Å². The summed E-state index contributed by atoms with van der Waals surface area (Å²) in [6.45, 7) is 12.6. The van der Waals surface area contributed by atoms with E-state index in [-0.39, 0.29) is 18.3 Å². The second-order valence-corrected chi connectivity index (χ2v) is 11.7. The average molecular weight is 259 g/mol. The van der Waals surface area contributed by atoms with Crippen molar-refractivity contribution >= 4 is 14.2 Å². The van der Waals surface area contributed by atoms with Crippen molar-refractivity contribution in [3.8, 4) is 0 Å². The van der Waals surface area contributed by atoms with Crippen LogP contribution in [0.5, 0.6) is 0 Å². The second kappa shape index (κ2) is 5.86. The van der Waals surface area contributed by atoms with Gasteiger partial charge in [-0.05, 0) is 19.9 Å². The molecule has 0 aromatic carbocycles. The van der Waals surface area contributed by atoms with E-state index in [2.05, 4.69) is 19.6 Å². The zero-order valence-electron chi connectivity index (χ0n) is 11.7. The van der Waals surface area contributed by atoms with Crippen molar-refractivity contribution in [2.24, 2.45) is 0 Å². The quantitative estimate of drug-likeness (QED) is 0.731. The van der Waals surface area contributed by atoms with Gasteiger partial charge in [0.2, 0.25) is 0 Å². The van der Waals surface area contributed by atoms with Crippen molar-refractivity contribution in [2.75, 3.05) is 19.7 Å². The Hall–Kier alpha value is -0.553. The van der Waals surface area contributed by atoms with Gasteiger partial charge >= 0.3 is 6.09 Å². The van der Waals surface area contributed by atoms with Gasteiger partial charge in [0.15, 0.2) is 0 Å². The highest BCUT2D eigenvalue weighted by Crippen LogP contribution is 2.13. The minimum Gasteiger partial charge on any atom is -0.450 e. The molecule has 1 amide bonds. The zero-order chi connectivity index (χ0) is 13.1. The predicted octanol–water partition coefficient (Wildman–Crippen LogP) is 2.57. The summed E-state index contributed by atoms with van der Waals surface area (Å²) < 4.78 is 10.9. The molecule has 0 radical (unpaired) electrons. The van der Waals surface area contributed by atoms with Gasteiger partial charge in [-0.1, -0.05) is 19.6 Å². The van der Waals surface area contributed by atoms with Gasteiger partial charge < -0.3 is 14.4 Å². The van der Waals surface area contributed by atoms with Gasteiger partial charge in [-0.15, -0.1) is 0 Å². The van der Waals surface area contributed by atoms with Gasteiger partial charge in [0.05, 0.1) is 31.9 Å². The molecule has 1 heterocycles. The van der Waals surface area contributed by atoms with Crippen LogP contribution in [0.25, 0.3) is 0 Å².